The summed E-state index contributed by atoms with van der Waals surface area (Å²) in [4.78, 5) is 9.63. The van der Waals surface area contributed by atoms with Crippen LogP contribution < -0.4 is 5.73 Å². The molecule has 2 rings (SSSR count). The fraction of sp³-hybridized carbons (Fsp3) is 0.333. The largest absolute Gasteiger partial charge is 0.318 e. The summed E-state index contributed by atoms with van der Waals surface area (Å²) < 4.78 is 0. The minimum Gasteiger partial charge on any atom is -0.318 e. The van der Waals surface area contributed by atoms with E-state index in [0.717, 1.165) is 20.6 Å². The number of aromatic nitrogens is 2. The fourth-order valence-electron chi connectivity index (χ4n) is 1.19. The van der Waals surface area contributed by atoms with Gasteiger partial charge in [0.2, 0.25) is 0 Å². The summed E-state index contributed by atoms with van der Waals surface area (Å²) >= 11 is 3.26. The molecule has 0 saturated heterocycles. The molecule has 0 radical (unpaired) electrons. The molecule has 1 unspecified atom stereocenters. The van der Waals surface area contributed by atoms with Crippen LogP contribution in [0.1, 0.15) is 26.6 Å². The molecule has 0 aliphatic carbocycles. The zero-order valence-electron chi connectivity index (χ0n) is 8.02. The molecule has 2 aromatic rings. The van der Waals surface area contributed by atoms with Crippen LogP contribution in [-0.4, -0.2) is 9.97 Å². The van der Waals surface area contributed by atoms with Gasteiger partial charge in [0, 0.05) is 16.5 Å². The molecule has 1 atom stereocenters. The Kier molecular flexibility index (Phi) is 2.62. The molecule has 3 nitrogen and oxygen atoms in total. The Bertz CT molecular complexity index is 392. The highest BCUT2D eigenvalue weighted by Gasteiger charge is 2.13. The SMILES string of the molecule is Cc1nc(C(N)c2cnc(C)s2)cs1. The zero-order valence-corrected chi connectivity index (χ0v) is 9.65. The molecule has 0 bridgehead atoms. The lowest BCUT2D eigenvalue weighted by atomic mass is 10.2. The van der Waals surface area contributed by atoms with Crippen molar-refractivity contribution in [2.24, 2.45) is 5.73 Å². The van der Waals surface area contributed by atoms with Crippen molar-refractivity contribution in [3.05, 3.63) is 32.2 Å². The fourth-order valence-corrected chi connectivity index (χ4v) is 2.64. The van der Waals surface area contributed by atoms with Crippen LogP contribution in [-0.2, 0) is 0 Å². The average Bonchev–Trinajstić information content (AvgIpc) is 2.73. The lowest BCUT2D eigenvalue weighted by Crippen LogP contribution is -2.10. The van der Waals surface area contributed by atoms with E-state index in [1.807, 2.05) is 25.4 Å². The van der Waals surface area contributed by atoms with Gasteiger partial charge >= 0.3 is 0 Å². The van der Waals surface area contributed by atoms with Crippen molar-refractivity contribution in [2.45, 2.75) is 19.9 Å². The van der Waals surface area contributed by atoms with Crippen molar-refractivity contribution in [3.63, 3.8) is 0 Å². The second-order valence-electron chi connectivity index (χ2n) is 3.05. The van der Waals surface area contributed by atoms with E-state index >= 15 is 0 Å². The number of hydrogen-bond donors (Lipinski definition) is 1. The van der Waals surface area contributed by atoms with Crippen molar-refractivity contribution >= 4 is 22.7 Å². The van der Waals surface area contributed by atoms with Gasteiger partial charge in [-0.1, -0.05) is 0 Å². The number of nitrogens with zero attached hydrogens (tertiary/aromatic N) is 2. The van der Waals surface area contributed by atoms with E-state index in [2.05, 4.69) is 9.97 Å². The molecule has 0 aromatic carbocycles. The lowest BCUT2D eigenvalue weighted by Gasteiger charge is -2.03. The van der Waals surface area contributed by atoms with E-state index in [-0.39, 0.29) is 6.04 Å². The average molecular weight is 225 g/mol. The molecule has 0 spiro atoms. The second-order valence-corrected chi connectivity index (χ2v) is 5.38. The molecule has 0 aliphatic rings. The van der Waals surface area contributed by atoms with Crippen LogP contribution in [0.5, 0.6) is 0 Å². The summed E-state index contributed by atoms with van der Waals surface area (Å²) in [5.74, 6) is 0. The van der Waals surface area contributed by atoms with Crippen LogP contribution in [0.4, 0.5) is 0 Å². The number of rotatable bonds is 2. The summed E-state index contributed by atoms with van der Waals surface area (Å²) in [6.45, 7) is 3.96. The van der Waals surface area contributed by atoms with Gasteiger partial charge in [0.25, 0.3) is 0 Å². The maximum atomic E-state index is 6.06. The topological polar surface area (TPSA) is 51.8 Å². The first-order chi connectivity index (χ1) is 6.66. The highest BCUT2D eigenvalue weighted by Crippen LogP contribution is 2.25. The van der Waals surface area contributed by atoms with Gasteiger partial charge in [-0.25, -0.2) is 9.97 Å². The van der Waals surface area contributed by atoms with Crippen LogP contribution in [0, 0.1) is 13.8 Å². The van der Waals surface area contributed by atoms with Crippen LogP contribution in [0.15, 0.2) is 11.6 Å². The molecule has 0 saturated carbocycles. The molecule has 0 aliphatic heterocycles. The number of hydrogen-bond acceptors (Lipinski definition) is 5. The van der Waals surface area contributed by atoms with Crippen molar-refractivity contribution in [1.82, 2.24) is 9.97 Å². The van der Waals surface area contributed by atoms with E-state index < -0.39 is 0 Å². The van der Waals surface area contributed by atoms with Crippen molar-refractivity contribution in [3.8, 4) is 0 Å². The number of thiazole rings is 2. The van der Waals surface area contributed by atoms with Gasteiger partial charge in [-0.05, 0) is 13.8 Å². The molecule has 2 aromatic heterocycles. The Labute approximate surface area is 90.6 Å². The van der Waals surface area contributed by atoms with Crippen molar-refractivity contribution < 1.29 is 0 Å². The van der Waals surface area contributed by atoms with E-state index in [1.54, 1.807) is 22.7 Å². The maximum Gasteiger partial charge on any atom is 0.0898 e. The lowest BCUT2D eigenvalue weighted by molar-refractivity contribution is 0.850. The first kappa shape index (κ1) is 9.76. The third-order valence-electron chi connectivity index (χ3n) is 1.90. The van der Waals surface area contributed by atoms with Gasteiger partial charge in [-0.15, -0.1) is 22.7 Å². The van der Waals surface area contributed by atoms with E-state index in [0.29, 0.717) is 0 Å². The minimum atomic E-state index is -0.119. The molecule has 0 amide bonds. The van der Waals surface area contributed by atoms with Crippen LogP contribution in [0.25, 0.3) is 0 Å². The number of aryl methyl sites for hydroxylation is 2. The normalized spacial score (nSPS) is 13.1. The summed E-state index contributed by atoms with van der Waals surface area (Å²) in [6.07, 6.45) is 1.83. The Morgan fingerprint density at radius 2 is 2.14 bits per heavy atom. The predicted octanol–water partition coefficient (Wildman–Crippen LogP) is 2.26. The Balaban J connectivity index is 2.28. The Morgan fingerprint density at radius 1 is 1.36 bits per heavy atom. The molecule has 14 heavy (non-hydrogen) atoms. The van der Waals surface area contributed by atoms with Crippen LogP contribution in [0.3, 0.4) is 0 Å². The van der Waals surface area contributed by atoms with Crippen LogP contribution in [0.2, 0.25) is 0 Å². The van der Waals surface area contributed by atoms with Crippen molar-refractivity contribution in [1.29, 1.82) is 0 Å². The highest BCUT2D eigenvalue weighted by atomic mass is 32.1. The first-order valence-corrected chi connectivity index (χ1v) is 5.96. The van der Waals surface area contributed by atoms with Crippen LogP contribution >= 0.6 is 22.7 Å². The summed E-state index contributed by atoms with van der Waals surface area (Å²) in [7, 11) is 0. The molecule has 2 heterocycles. The molecule has 0 fully saturated rings. The predicted molar refractivity (Wildman–Crippen MR) is 59.7 cm³/mol. The quantitative estimate of drug-likeness (QED) is 0.853. The van der Waals surface area contributed by atoms with Gasteiger partial charge in [-0.3, -0.25) is 0 Å². The van der Waals surface area contributed by atoms with Gasteiger partial charge < -0.3 is 5.73 Å². The second kappa shape index (κ2) is 3.76. The minimum absolute atomic E-state index is 0.119. The summed E-state index contributed by atoms with van der Waals surface area (Å²) in [6, 6.07) is -0.119. The van der Waals surface area contributed by atoms with Gasteiger partial charge in [-0.2, -0.15) is 0 Å². The highest BCUT2D eigenvalue weighted by molar-refractivity contribution is 7.11. The Hall–Kier alpha value is -0.780. The van der Waals surface area contributed by atoms with Crippen molar-refractivity contribution in [2.75, 3.05) is 0 Å². The maximum absolute atomic E-state index is 6.06. The van der Waals surface area contributed by atoms with E-state index in [9.17, 15) is 0 Å². The first-order valence-electron chi connectivity index (χ1n) is 4.27. The van der Waals surface area contributed by atoms with E-state index in [1.165, 1.54) is 0 Å². The molecular formula is C9H11N3S2. The summed E-state index contributed by atoms with van der Waals surface area (Å²) in [5, 5.41) is 4.11. The van der Waals surface area contributed by atoms with Gasteiger partial charge in [0.15, 0.2) is 0 Å². The van der Waals surface area contributed by atoms with Gasteiger partial charge in [0.1, 0.15) is 0 Å². The van der Waals surface area contributed by atoms with E-state index in [4.69, 9.17) is 5.73 Å². The smallest absolute Gasteiger partial charge is 0.0898 e. The molecule has 5 heteroatoms. The zero-order chi connectivity index (χ0) is 10.1. The number of nitrogens with two attached hydrogens (primary N) is 1. The Morgan fingerprint density at radius 3 is 2.64 bits per heavy atom. The monoisotopic (exact) mass is 225 g/mol. The summed E-state index contributed by atoms with van der Waals surface area (Å²) in [5.41, 5.74) is 7.00. The standard InChI is InChI=1S/C9H11N3S2/c1-5-11-3-8(14-5)9(10)7-4-13-6(2)12-7/h3-4,9H,10H2,1-2H3. The third-order valence-corrected chi connectivity index (χ3v) is 3.69. The molecule has 2 N–H and O–H groups in total. The third kappa shape index (κ3) is 1.84. The molecule has 74 valence electrons. The van der Waals surface area contributed by atoms with Gasteiger partial charge in [0.05, 0.1) is 21.8 Å². The molecular weight excluding hydrogens is 214 g/mol.